The van der Waals surface area contributed by atoms with Gasteiger partial charge in [0.15, 0.2) is 5.96 Å². The van der Waals surface area contributed by atoms with Gasteiger partial charge in [0, 0.05) is 45.6 Å². The fourth-order valence-electron chi connectivity index (χ4n) is 7.82. The molecule has 2 aromatic carbocycles. The van der Waals surface area contributed by atoms with Crippen molar-refractivity contribution in [3.8, 4) is 0 Å². The number of aryl methyl sites for hydroxylation is 1. The zero-order valence-corrected chi connectivity index (χ0v) is 41.5. The first-order valence-corrected chi connectivity index (χ1v) is 24.4. The van der Waals surface area contributed by atoms with Crippen LogP contribution in [0, 0.1) is 11.3 Å². The summed E-state index contributed by atoms with van der Waals surface area (Å²) in [6.45, 7) is 7.42. The predicted molar refractivity (Wildman–Crippen MR) is 267 cm³/mol. The molecule has 1 fully saturated rings. The number of carbonyl (C=O) groups is 9. The van der Waals surface area contributed by atoms with Crippen LogP contribution in [0.1, 0.15) is 109 Å². The van der Waals surface area contributed by atoms with E-state index >= 15 is 0 Å². The van der Waals surface area contributed by atoms with E-state index < -0.39 is 72.2 Å². The highest BCUT2D eigenvalue weighted by molar-refractivity contribution is 5.99. The number of rotatable bonds is 29. The first-order chi connectivity index (χ1) is 33.8. The van der Waals surface area contributed by atoms with Crippen LogP contribution in [0.4, 0.5) is 5.69 Å². The van der Waals surface area contributed by atoms with Crippen LogP contribution in [-0.2, 0) is 56.0 Å². The lowest BCUT2D eigenvalue weighted by atomic mass is 10.0. The van der Waals surface area contributed by atoms with Crippen LogP contribution in [0.3, 0.4) is 0 Å². The van der Waals surface area contributed by atoms with Crippen molar-refractivity contribution < 1.29 is 43.2 Å². The van der Waals surface area contributed by atoms with E-state index in [2.05, 4.69) is 48.1 Å². The fraction of sp³-hybridized carbons (Fsp3) is 0.551. The van der Waals surface area contributed by atoms with Gasteiger partial charge in [0.05, 0.1) is 12.6 Å². The number of hydrogen-bond acceptors (Lipinski definition) is 11. The van der Waals surface area contributed by atoms with Crippen molar-refractivity contribution in [3.05, 3.63) is 65.7 Å². The van der Waals surface area contributed by atoms with E-state index in [1.165, 1.54) is 18.7 Å². The van der Waals surface area contributed by atoms with Crippen LogP contribution < -0.4 is 59.5 Å². The molecular formula is C49H75N13O9. The first kappa shape index (κ1) is 58.2. The first-order valence-electron chi connectivity index (χ1n) is 24.4. The molecular weight excluding hydrogens is 915 g/mol. The Bertz CT molecular complexity index is 2110. The molecule has 1 aliphatic rings. The number of guanidine groups is 1. The topological polar surface area (TPSA) is 341 Å². The van der Waals surface area contributed by atoms with Gasteiger partial charge in [0.2, 0.25) is 47.3 Å². The normalized spacial score (nSPS) is 14.7. The van der Waals surface area contributed by atoms with E-state index in [-0.39, 0.29) is 61.7 Å². The van der Waals surface area contributed by atoms with Crippen LogP contribution in [0.25, 0.3) is 0 Å². The van der Waals surface area contributed by atoms with Gasteiger partial charge < -0.3 is 53.6 Å². The number of nitrogens with two attached hydrogens (primary N) is 2. The van der Waals surface area contributed by atoms with Gasteiger partial charge in [-0.25, -0.2) is 0 Å². The molecule has 2 aromatic rings. The monoisotopic (exact) mass is 990 g/mol. The molecule has 0 spiro atoms. The van der Waals surface area contributed by atoms with E-state index in [1.807, 2.05) is 44.2 Å². The molecule has 0 bridgehead atoms. The summed E-state index contributed by atoms with van der Waals surface area (Å²) in [5.41, 5.74) is 18.2. The Morgan fingerprint density at radius 3 is 2.03 bits per heavy atom. The van der Waals surface area contributed by atoms with Crippen LogP contribution in [0.2, 0.25) is 0 Å². The minimum Gasteiger partial charge on any atom is -0.370 e. The average molecular weight is 990 g/mol. The van der Waals surface area contributed by atoms with Crippen LogP contribution >= 0.6 is 0 Å². The second-order valence-corrected chi connectivity index (χ2v) is 18.1. The van der Waals surface area contributed by atoms with Gasteiger partial charge >= 0.3 is 0 Å². The largest absolute Gasteiger partial charge is 0.370 e. The highest BCUT2D eigenvalue weighted by Crippen LogP contribution is 2.19. The lowest BCUT2D eigenvalue weighted by Gasteiger charge is -2.26. The van der Waals surface area contributed by atoms with Crippen molar-refractivity contribution >= 4 is 64.8 Å². The van der Waals surface area contributed by atoms with Gasteiger partial charge in [-0.05, 0) is 99.8 Å². The van der Waals surface area contributed by atoms with Crippen molar-refractivity contribution in [2.24, 2.45) is 17.4 Å². The number of carbonyl (C=O) groups excluding carboxylic acids is 9. The van der Waals surface area contributed by atoms with E-state index in [1.54, 1.807) is 24.3 Å². The molecule has 0 radical (unpaired) electrons. The number of hydrazine groups is 1. The van der Waals surface area contributed by atoms with Crippen LogP contribution in [-0.4, -0.2) is 120 Å². The number of nitrogens with zero attached hydrogens (tertiary/aromatic N) is 1. The van der Waals surface area contributed by atoms with Crippen molar-refractivity contribution in [2.75, 3.05) is 31.5 Å². The third-order valence-electron chi connectivity index (χ3n) is 11.6. The molecule has 0 aliphatic carbocycles. The third-order valence-corrected chi connectivity index (χ3v) is 11.6. The SMILES string of the molecule is CC(=O)NCCCCCC(=O)NNC(=O)[C@H](N)Cc1ccc(NC(=O)[C@H](CCCCNC(=N)N)NC(=O)[C@H](CCc2ccccc2)NC(=O)CNC(=O)[C@H](CC(C)C)NC(=O)[C@@H]2CCCN2C(C)=O)cc1. The molecule has 22 nitrogen and oxygen atoms in total. The standard InChI is InChI=1S/C49H75N13O9/c1-31(2)28-40(59-48(71)41-17-13-27-62(41)33(4)64)45(68)55-30-43(66)57-39(24-21-34-14-7-5-8-15-34)47(70)58-38(16-10-12-26-54-49(51)52)46(69)56-36-22-19-35(20-23-36)29-37(50)44(67)61-60-42(65)18-9-6-11-25-53-32(3)63/h5,7-8,14-15,19-20,22-23,31,37-41H,6,9-13,16-18,21,24-30,50H2,1-4H3,(H,53,63)(H,55,68)(H,56,69)(H,57,66)(H,58,70)(H,59,71)(H,60,65)(H,61,67)(H4,51,52,54)/t37-,38+,39+,40+,41+/m1/s1. The minimum atomic E-state index is -1.14. The Kier molecular flexibility index (Phi) is 25.6. The second-order valence-electron chi connectivity index (χ2n) is 18.1. The Morgan fingerprint density at radius 1 is 0.690 bits per heavy atom. The molecule has 9 amide bonds. The number of amides is 9. The Morgan fingerprint density at radius 2 is 1.37 bits per heavy atom. The van der Waals surface area contributed by atoms with Gasteiger partial charge in [-0.3, -0.25) is 59.4 Å². The molecule has 14 N–H and O–H groups in total. The van der Waals surface area contributed by atoms with Crippen molar-refractivity contribution in [2.45, 2.75) is 141 Å². The lowest BCUT2D eigenvalue weighted by Crippen LogP contribution is -2.56. The van der Waals surface area contributed by atoms with E-state index in [9.17, 15) is 43.2 Å². The number of anilines is 1. The molecule has 71 heavy (non-hydrogen) atoms. The summed E-state index contributed by atoms with van der Waals surface area (Å²) in [4.78, 5) is 118. The van der Waals surface area contributed by atoms with Crippen molar-refractivity contribution in [1.29, 1.82) is 5.41 Å². The van der Waals surface area contributed by atoms with E-state index in [0.29, 0.717) is 69.4 Å². The van der Waals surface area contributed by atoms with Crippen molar-refractivity contribution in [1.82, 2.24) is 47.7 Å². The van der Waals surface area contributed by atoms with E-state index in [0.717, 1.165) is 18.4 Å². The molecule has 1 aliphatic heterocycles. The quantitative estimate of drug-likeness (QED) is 0.0226. The summed E-state index contributed by atoms with van der Waals surface area (Å²) in [7, 11) is 0. The maximum atomic E-state index is 14.1. The van der Waals surface area contributed by atoms with Gasteiger partial charge in [-0.2, -0.15) is 0 Å². The zero-order chi connectivity index (χ0) is 52.3. The molecule has 0 unspecified atom stereocenters. The Balaban J connectivity index is 1.66. The van der Waals surface area contributed by atoms with Crippen LogP contribution in [0.5, 0.6) is 0 Å². The molecule has 1 saturated heterocycles. The molecule has 22 heteroatoms. The lowest BCUT2D eigenvalue weighted by molar-refractivity contribution is -0.138. The summed E-state index contributed by atoms with van der Waals surface area (Å²) < 4.78 is 0. The molecule has 0 aromatic heterocycles. The number of hydrogen-bond donors (Lipinski definition) is 12. The number of benzene rings is 2. The summed E-state index contributed by atoms with van der Waals surface area (Å²) >= 11 is 0. The van der Waals surface area contributed by atoms with E-state index in [4.69, 9.17) is 16.9 Å². The predicted octanol–water partition coefficient (Wildman–Crippen LogP) is 0.253. The van der Waals surface area contributed by atoms with Gasteiger partial charge in [-0.15, -0.1) is 0 Å². The summed E-state index contributed by atoms with van der Waals surface area (Å²) in [5.74, 6) is -4.44. The maximum absolute atomic E-state index is 14.1. The Hall–Kier alpha value is -7.10. The van der Waals surface area contributed by atoms with Gasteiger partial charge in [0.1, 0.15) is 24.2 Å². The zero-order valence-electron chi connectivity index (χ0n) is 41.5. The van der Waals surface area contributed by atoms with Crippen molar-refractivity contribution in [3.63, 3.8) is 0 Å². The molecule has 3 rings (SSSR count). The van der Waals surface area contributed by atoms with Crippen LogP contribution in [0.15, 0.2) is 54.6 Å². The minimum absolute atomic E-state index is 0.00335. The summed E-state index contributed by atoms with van der Waals surface area (Å²) in [5, 5.41) is 26.6. The maximum Gasteiger partial charge on any atom is 0.255 e. The smallest absolute Gasteiger partial charge is 0.255 e. The highest BCUT2D eigenvalue weighted by Gasteiger charge is 2.35. The molecule has 390 valence electrons. The molecule has 0 saturated carbocycles. The van der Waals surface area contributed by atoms with Gasteiger partial charge in [-0.1, -0.05) is 62.7 Å². The highest BCUT2D eigenvalue weighted by atomic mass is 16.2. The molecule has 5 atom stereocenters. The second kappa shape index (κ2) is 31.2. The number of likely N-dealkylation sites (tertiary alicyclic amines) is 1. The Labute approximate surface area is 415 Å². The average Bonchev–Trinajstić information content (AvgIpc) is 3.83. The number of unbranched alkanes of at least 4 members (excludes halogenated alkanes) is 3. The number of nitrogens with one attached hydrogen (secondary N) is 10. The molecule has 1 heterocycles. The fourth-order valence-corrected chi connectivity index (χ4v) is 7.82. The summed E-state index contributed by atoms with van der Waals surface area (Å²) in [6.07, 6.45) is 5.38. The van der Waals surface area contributed by atoms with Gasteiger partial charge in [0.25, 0.3) is 5.91 Å². The summed E-state index contributed by atoms with van der Waals surface area (Å²) in [6, 6.07) is 11.0. The third kappa shape index (κ3) is 22.9.